The van der Waals surface area contributed by atoms with Gasteiger partial charge in [-0.1, -0.05) is 40.0 Å². The number of rotatable bonds is 5. The molecule has 0 aliphatic heterocycles. The molecule has 10 heavy (non-hydrogen) atoms. The van der Waals surface area contributed by atoms with Crippen molar-refractivity contribution < 1.29 is 5.11 Å². The predicted molar refractivity (Wildman–Crippen MR) is 44.9 cm³/mol. The SMILES string of the molecule is CCCC(C)C(CC)CO. The second-order valence-corrected chi connectivity index (χ2v) is 3.12. The first-order chi connectivity index (χ1) is 4.76. The summed E-state index contributed by atoms with van der Waals surface area (Å²) >= 11 is 0. The maximum atomic E-state index is 8.92. The predicted octanol–water partition coefficient (Wildman–Crippen LogP) is 2.44. The third kappa shape index (κ3) is 3.21. The molecule has 0 heterocycles. The van der Waals surface area contributed by atoms with Gasteiger partial charge in [0.2, 0.25) is 0 Å². The van der Waals surface area contributed by atoms with Crippen LogP contribution in [-0.4, -0.2) is 11.7 Å². The summed E-state index contributed by atoms with van der Waals surface area (Å²) in [5, 5.41) is 8.92. The Hall–Kier alpha value is -0.0400. The molecule has 0 radical (unpaired) electrons. The van der Waals surface area contributed by atoms with E-state index in [2.05, 4.69) is 20.8 Å². The van der Waals surface area contributed by atoms with E-state index in [1.54, 1.807) is 0 Å². The summed E-state index contributed by atoms with van der Waals surface area (Å²) in [6.07, 6.45) is 3.59. The minimum atomic E-state index is 0.359. The van der Waals surface area contributed by atoms with Gasteiger partial charge in [-0.15, -0.1) is 0 Å². The summed E-state index contributed by atoms with van der Waals surface area (Å²) in [7, 11) is 0. The zero-order valence-corrected chi connectivity index (χ0v) is 7.43. The van der Waals surface area contributed by atoms with Gasteiger partial charge < -0.3 is 5.11 Å². The zero-order chi connectivity index (χ0) is 7.98. The molecule has 2 atom stereocenters. The lowest BCUT2D eigenvalue weighted by molar-refractivity contribution is 0.172. The van der Waals surface area contributed by atoms with E-state index in [1.165, 1.54) is 12.8 Å². The van der Waals surface area contributed by atoms with E-state index in [0.717, 1.165) is 6.42 Å². The van der Waals surface area contributed by atoms with Gasteiger partial charge in [-0.2, -0.15) is 0 Å². The van der Waals surface area contributed by atoms with Gasteiger partial charge in [-0.05, 0) is 11.8 Å². The topological polar surface area (TPSA) is 20.2 Å². The van der Waals surface area contributed by atoms with Crippen molar-refractivity contribution in [1.82, 2.24) is 0 Å². The van der Waals surface area contributed by atoms with Gasteiger partial charge in [0.05, 0.1) is 0 Å². The number of aliphatic hydroxyl groups excluding tert-OH is 1. The summed E-state index contributed by atoms with van der Waals surface area (Å²) in [4.78, 5) is 0. The van der Waals surface area contributed by atoms with E-state index >= 15 is 0 Å². The zero-order valence-electron chi connectivity index (χ0n) is 7.43. The molecule has 0 spiro atoms. The molecule has 1 nitrogen and oxygen atoms in total. The molecule has 0 aromatic heterocycles. The Balaban J connectivity index is 3.53. The Morgan fingerprint density at radius 3 is 2.20 bits per heavy atom. The van der Waals surface area contributed by atoms with E-state index in [1.807, 2.05) is 0 Å². The maximum Gasteiger partial charge on any atom is 0.0461 e. The lowest BCUT2D eigenvalue weighted by Gasteiger charge is -2.19. The van der Waals surface area contributed by atoms with E-state index in [-0.39, 0.29) is 0 Å². The lowest BCUT2D eigenvalue weighted by Crippen LogP contribution is -2.14. The first-order valence-corrected chi connectivity index (χ1v) is 4.37. The van der Waals surface area contributed by atoms with Crippen molar-refractivity contribution in [2.75, 3.05) is 6.61 Å². The third-order valence-electron chi connectivity index (χ3n) is 2.31. The molecule has 1 heteroatoms. The van der Waals surface area contributed by atoms with Crippen LogP contribution in [0.4, 0.5) is 0 Å². The normalized spacial score (nSPS) is 16.8. The molecule has 0 fully saturated rings. The molecule has 0 saturated heterocycles. The van der Waals surface area contributed by atoms with Crippen LogP contribution < -0.4 is 0 Å². The molecular formula is C9H20O. The molecule has 0 bridgehead atoms. The highest BCUT2D eigenvalue weighted by Crippen LogP contribution is 2.19. The van der Waals surface area contributed by atoms with Gasteiger partial charge in [-0.25, -0.2) is 0 Å². The molecule has 2 unspecified atom stereocenters. The fraction of sp³-hybridized carbons (Fsp3) is 1.00. The summed E-state index contributed by atoms with van der Waals surface area (Å²) < 4.78 is 0. The molecule has 0 aliphatic rings. The highest BCUT2D eigenvalue weighted by Gasteiger charge is 2.12. The quantitative estimate of drug-likeness (QED) is 0.628. The van der Waals surface area contributed by atoms with E-state index < -0.39 is 0 Å². The second-order valence-electron chi connectivity index (χ2n) is 3.12. The number of hydrogen-bond donors (Lipinski definition) is 1. The van der Waals surface area contributed by atoms with E-state index in [9.17, 15) is 0 Å². The minimum absolute atomic E-state index is 0.359. The van der Waals surface area contributed by atoms with Crippen molar-refractivity contribution in [1.29, 1.82) is 0 Å². The van der Waals surface area contributed by atoms with Crippen LogP contribution in [0.25, 0.3) is 0 Å². The Labute approximate surface area is 64.5 Å². The fourth-order valence-corrected chi connectivity index (χ4v) is 1.40. The molecule has 62 valence electrons. The van der Waals surface area contributed by atoms with Crippen LogP contribution in [0.3, 0.4) is 0 Å². The fourth-order valence-electron chi connectivity index (χ4n) is 1.40. The first-order valence-electron chi connectivity index (χ1n) is 4.37. The molecule has 0 rings (SSSR count). The van der Waals surface area contributed by atoms with Gasteiger partial charge in [0.1, 0.15) is 0 Å². The maximum absolute atomic E-state index is 8.92. The average molecular weight is 144 g/mol. The van der Waals surface area contributed by atoms with Crippen LogP contribution in [0.15, 0.2) is 0 Å². The van der Waals surface area contributed by atoms with Gasteiger partial charge in [0, 0.05) is 6.61 Å². The minimum Gasteiger partial charge on any atom is -0.396 e. The molecule has 0 amide bonds. The smallest absolute Gasteiger partial charge is 0.0461 e. The second kappa shape index (κ2) is 5.72. The molecular weight excluding hydrogens is 124 g/mol. The largest absolute Gasteiger partial charge is 0.396 e. The number of hydrogen-bond acceptors (Lipinski definition) is 1. The van der Waals surface area contributed by atoms with Crippen LogP contribution in [-0.2, 0) is 0 Å². The lowest BCUT2D eigenvalue weighted by atomic mass is 9.89. The Kier molecular flexibility index (Phi) is 5.70. The van der Waals surface area contributed by atoms with Crippen LogP contribution in [0.5, 0.6) is 0 Å². The summed E-state index contributed by atoms with van der Waals surface area (Å²) in [6, 6.07) is 0. The van der Waals surface area contributed by atoms with Crippen molar-refractivity contribution in [3.05, 3.63) is 0 Å². The van der Waals surface area contributed by atoms with Crippen molar-refractivity contribution in [2.45, 2.75) is 40.0 Å². The summed E-state index contributed by atoms with van der Waals surface area (Å²) in [5.74, 6) is 1.22. The van der Waals surface area contributed by atoms with Crippen LogP contribution in [0.1, 0.15) is 40.0 Å². The number of aliphatic hydroxyl groups is 1. The van der Waals surface area contributed by atoms with Crippen LogP contribution in [0, 0.1) is 11.8 Å². The summed E-state index contributed by atoms with van der Waals surface area (Å²) in [5.41, 5.74) is 0. The molecule has 1 N–H and O–H groups in total. The van der Waals surface area contributed by atoms with Crippen LogP contribution >= 0.6 is 0 Å². The molecule has 0 aromatic carbocycles. The Bertz CT molecular complexity index is 67.1. The van der Waals surface area contributed by atoms with E-state index in [4.69, 9.17) is 5.11 Å². The van der Waals surface area contributed by atoms with Gasteiger partial charge in [-0.3, -0.25) is 0 Å². The molecule has 0 saturated carbocycles. The van der Waals surface area contributed by atoms with Crippen molar-refractivity contribution in [3.63, 3.8) is 0 Å². The summed E-state index contributed by atoms with van der Waals surface area (Å²) in [6.45, 7) is 6.93. The Morgan fingerprint density at radius 2 is 1.90 bits per heavy atom. The highest BCUT2D eigenvalue weighted by molar-refractivity contribution is 4.62. The van der Waals surface area contributed by atoms with Crippen molar-refractivity contribution in [2.24, 2.45) is 11.8 Å². The van der Waals surface area contributed by atoms with Crippen LogP contribution in [0.2, 0.25) is 0 Å². The van der Waals surface area contributed by atoms with Gasteiger partial charge in [0.15, 0.2) is 0 Å². The molecule has 0 aliphatic carbocycles. The third-order valence-corrected chi connectivity index (χ3v) is 2.31. The standard InChI is InChI=1S/C9H20O/c1-4-6-8(3)9(5-2)7-10/h8-10H,4-7H2,1-3H3. The monoisotopic (exact) mass is 144 g/mol. The van der Waals surface area contributed by atoms with Crippen molar-refractivity contribution in [3.8, 4) is 0 Å². The van der Waals surface area contributed by atoms with Gasteiger partial charge in [0.25, 0.3) is 0 Å². The van der Waals surface area contributed by atoms with Gasteiger partial charge >= 0.3 is 0 Å². The molecule has 0 aromatic rings. The Morgan fingerprint density at radius 1 is 1.30 bits per heavy atom. The first kappa shape index (κ1) is 9.96. The average Bonchev–Trinajstić information content (AvgIpc) is 1.91. The van der Waals surface area contributed by atoms with Crippen molar-refractivity contribution >= 4 is 0 Å². The highest BCUT2D eigenvalue weighted by atomic mass is 16.3. The van der Waals surface area contributed by atoms with E-state index in [0.29, 0.717) is 18.4 Å².